The van der Waals surface area contributed by atoms with E-state index in [1.807, 2.05) is 24.3 Å². The van der Waals surface area contributed by atoms with Crippen LogP contribution in [0.2, 0.25) is 5.02 Å². The maximum absolute atomic E-state index is 12.6. The zero-order chi connectivity index (χ0) is 19.5. The number of hydrogen-bond donors (Lipinski definition) is 2. The van der Waals surface area contributed by atoms with Gasteiger partial charge in [0.05, 0.1) is 12.1 Å². The van der Waals surface area contributed by atoms with Gasteiger partial charge < -0.3 is 19.8 Å². The van der Waals surface area contributed by atoms with Gasteiger partial charge in [0.15, 0.2) is 0 Å². The summed E-state index contributed by atoms with van der Waals surface area (Å²) in [6, 6.07) is 11.3. The Hall–Kier alpha value is -2.73. The van der Waals surface area contributed by atoms with Crippen molar-refractivity contribution in [2.24, 2.45) is 0 Å². The molecule has 2 heterocycles. The summed E-state index contributed by atoms with van der Waals surface area (Å²) in [6.07, 6.45) is 5.19. The Morgan fingerprint density at radius 2 is 2.00 bits per heavy atom. The molecular formula is C21H22ClN3O3. The summed E-state index contributed by atoms with van der Waals surface area (Å²) < 4.78 is 11.1. The fraction of sp³-hybridized carbons (Fsp3) is 0.333. The van der Waals surface area contributed by atoms with Gasteiger partial charge in [-0.05, 0) is 49.9 Å². The molecule has 1 amide bonds. The zero-order valence-corrected chi connectivity index (χ0v) is 16.3. The standard InChI is InChI=1S/C21H22ClN3O3/c1-27-17-6-2-13-10-19(25-18(13)11-17)21(26)24-15-4-7-16(8-5-15)28-20-9-3-14(22)12-23-20/h2-3,6,9-12,15-16,25H,4-5,7-8H2,1H3,(H,24,26). The number of nitrogens with zero attached hydrogens (tertiary/aromatic N) is 1. The predicted molar refractivity (Wildman–Crippen MR) is 108 cm³/mol. The first-order valence-electron chi connectivity index (χ1n) is 9.36. The van der Waals surface area contributed by atoms with E-state index >= 15 is 0 Å². The van der Waals surface area contributed by atoms with Crippen molar-refractivity contribution >= 4 is 28.4 Å². The number of benzene rings is 1. The molecule has 146 valence electrons. The number of nitrogens with one attached hydrogen (secondary N) is 2. The lowest BCUT2D eigenvalue weighted by Gasteiger charge is -2.29. The van der Waals surface area contributed by atoms with Gasteiger partial charge >= 0.3 is 0 Å². The van der Waals surface area contributed by atoms with Gasteiger partial charge in [-0.3, -0.25) is 4.79 Å². The average Bonchev–Trinajstić information content (AvgIpc) is 3.14. The summed E-state index contributed by atoms with van der Waals surface area (Å²) in [4.78, 5) is 20.0. The second-order valence-corrected chi connectivity index (χ2v) is 7.45. The van der Waals surface area contributed by atoms with Gasteiger partial charge in [0.2, 0.25) is 5.88 Å². The van der Waals surface area contributed by atoms with Gasteiger partial charge in [-0.25, -0.2) is 4.98 Å². The van der Waals surface area contributed by atoms with Gasteiger partial charge in [-0.1, -0.05) is 11.6 Å². The van der Waals surface area contributed by atoms with E-state index in [4.69, 9.17) is 21.1 Å². The SMILES string of the molecule is COc1ccc2cc(C(=O)NC3CCC(Oc4ccc(Cl)cn4)CC3)[nH]c2c1. The molecule has 0 spiro atoms. The lowest BCUT2D eigenvalue weighted by atomic mass is 9.93. The third kappa shape index (κ3) is 4.22. The van der Waals surface area contributed by atoms with Crippen LogP contribution in [0.3, 0.4) is 0 Å². The first-order chi connectivity index (χ1) is 13.6. The maximum atomic E-state index is 12.6. The largest absolute Gasteiger partial charge is 0.497 e. The lowest BCUT2D eigenvalue weighted by Crippen LogP contribution is -2.39. The minimum Gasteiger partial charge on any atom is -0.497 e. The molecule has 0 unspecified atom stereocenters. The van der Waals surface area contributed by atoms with Crippen molar-refractivity contribution in [2.45, 2.75) is 37.8 Å². The van der Waals surface area contributed by atoms with Crippen molar-refractivity contribution < 1.29 is 14.3 Å². The molecule has 0 radical (unpaired) electrons. The van der Waals surface area contributed by atoms with E-state index in [9.17, 15) is 4.79 Å². The Morgan fingerprint density at radius 3 is 2.71 bits per heavy atom. The van der Waals surface area contributed by atoms with Crippen LogP contribution in [0.4, 0.5) is 0 Å². The first-order valence-corrected chi connectivity index (χ1v) is 9.74. The average molecular weight is 400 g/mol. The Balaban J connectivity index is 1.31. The number of carbonyl (C=O) groups is 1. The zero-order valence-electron chi connectivity index (χ0n) is 15.6. The van der Waals surface area contributed by atoms with Gasteiger partial charge in [0, 0.05) is 35.3 Å². The second-order valence-electron chi connectivity index (χ2n) is 7.02. The second kappa shape index (κ2) is 8.10. The number of methoxy groups -OCH3 is 1. The lowest BCUT2D eigenvalue weighted by molar-refractivity contribution is 0.0886. The fourth-order valence-corrected chi connectivity index (χ4v) is 3.66. The molecule has 7 heteroatoms. The quantitative estimate of drug-likeness (QED) is 0.668. The minimum absolute atomic E-state index is 0.0843. The summed E-state index contributed by atoms with van der Waals surface area (Å²) in [5, 5.41) is 4.70. The summed E-state index contributed by atoms with van der Waals surface area (Å²) in [6.45, 7) is 0. The van der Waals surface area contributed by atoms with Crippen LogP contribution in [-0.2, 0) is 0 Å². The van der Waals surface area contributed by atoms with Crippen molar-refractivity contribution in [1.82, 2.24) is 15.3 Å². The molecule has 1 fully saturated rings. The van der Waals surface area contributed by atoms with Crippen LogP contribution in [0.15, 0.2) is 42.6 Å². The smallest absolute Gasteiger partial charge is 0.267 e. The third-order valence-corrected chi connectivity index (χ3v) is 5.29. The summed E-state index contributed by atoms with van der Waals surface area (Å²) in [5.74, 6) is 1.26. The molecule has 4 rings (SSSR count). The third-order valence-electron chi connectivity index (χ3n) is 5.07. The molecule has 0 bridgehead atoms. The number of rotatable bonds is 5. The number of fused-ring (bicyclic) bond motifs is 1. The highest BCUT2D eigenvalue weighted by molar-refractivity contribution is 6.30. The number of aromatic nitrogens is 2. The molecule has 1 saturated carbocycles. The van der Waals surface area contributed by atoms with Crippen LogP contribution in [0, 0.1) is 0 Å². The summed E-state index contributed by atoms with van der Waals surface area (Å²) in [5.41, 5.74) is 1.45. The number of aromatic amines is 1. The highest BCUT2D eigenvalue weighted by Crippen LogP contribution is 2.25. The highest BCUT2D eigenvalue weighted by atomic mass is 35.5. The maximum Gasteiger partial charge on any atom is 0.267 e. The van der Waals surface area contributed by atoms with Crippen LogP contribution in [0.1, 0.15) is 36.2 Å². The number of H-pyrrole nitrogens is 1. The molecule has 0 aliphatic heterocycles. The van der Waals surface area contributed by atoms with Gasteiger partial charge in [-0.2, -0.15) is 0 Å². The van der Waals surface area contributed by atoms with Crippen LogP contribution < -0.4 is 14.8 Å². The Bertz CT molecular complexity index is 963. The highest BCUT2D eigenvalue weighted by Gasteiger charge is 2.24. The topological polar surface area (TPSA) is 76.2 Å². The minimum atomic E-state index is -0.0843. The van der Waals surface area contributed by atoms with Crippen LogP contribution in [-0.4, -0.2) is 35.1 Å². The molecule has 1 aromatic carbocycles. The van der Waals surface area contributed by atoms with Crippen molar-refractivity contribution in [3.63, 3.8) is 0 Å². The number of amides is 1. The molecule has 3 aromatic rings. The Kier molecular flexibility index (Phi) is 5.39. The van der Waals surface area contributed by atoms with Crippen molar-refractivity contribution in [1.29, 1.82) is 0 Å². The van der Waals surface area contributed by atoms with Gasteiger partial charge in [0.1, 0.15) is 17.5 Å². The van der Waals surface area contributed by atoms with E-state index in [1.165, 1.54) is 0 Å². The number of pyridine rings is 1. The fourth-order valence-electron chi connectivity index (χ4n) is 3.55. The van der Waals surface area contributed by atoms with Crippen molar-refractivity contribution in [3.05, 3.63) is 53.3 Å². The molecule has 0 atom stereocenters. The normalized spacial score (nSPS) is 19.4. The monoisotopic (exact) mass is 399 g/mol. The number of carbonyl (C=O) groups excluding carboxylic acids is 1. The number of hydrogen-bond acceptors (Lipinski definition) is 4. The number of ether oxygens (including phenoxy) is 2. The van der Waals surface area contributed by atoms with E-state index in [-0.39, 0.29) is 18.1 Å². The van der Waals surface area contributed by atoms with Gasteiger partial charge in [-0.15, -0.1) is 0 Å². The van der Waals surface area contributed by atoms with Crippen LogP contribution in [0.5, 0.6) is 11.6 Å². The molecular weight excluding hydrogens is 378 g/mol. The summed E-state index contributed by atoms with van der Waals surface area (Å²) >= 11 is 5.85. The predicted octanol–water partition coefficient (Wildman–Crippen LogP) is 4.34. The Morgan fingerprint density at radius 1 is 1.18 bits per heavy atom. The molecule has 28 heavy (non-hydrogen) atoms. The molecule has 2 N–H and O–H groups in total. The van der Waals surface area contributed by atoms with E-state index in [2.05, 4.69) is 15.3 Å². The van der Waals surface area contributed by atoms with E-state index in [1.54, 1.807) is 25.4 Å². The van der Waals surface area contributed by atoms with E-state index in [0.717, 1.165) is 42.3 Å². The van der Waals surface area contributed by atoms with Crippen molar-refractivity contribution in [3.8, 4) is 11.6 Å². The van der Waals surface area contributed by atoms with Gasteiger partial charge in [0.25, 0.3) is 5.91 Å². The summed E-state index contributed by atoms with van der Waals surface area (Å²) in [7, 11) is 1.63. The van der Waals surface area contributed by atoms with E-state index in [0.29, 0.717) is 16.6 Å². The number of halogens is 1. The molecule has 1 aliphatic rings. The van der Waals surface area contributed by atoms with Crippen LogP contribution >= 0.6 is 11.6 Å². The first kappa shape index (κ1) is 18.6. The van der Waals surface area contributed by atoms with Crippen LogP contribution in [0.25, 0.3) is 10.9 Å². The molecule has 0 saturated heterocycles. The Labute approximate surface area is 168 Å². The van der Waals surface area contributed by atoms with Crippen molar-refractivity contribution in [2.75, 3.05) is 7.11 Å². The van der Waals surface area contributed by atoms with E-state index < -0.39 is 0 Å². The molecule has 1 aliphatic carbocycles. The molecule has 2 aromatic heterocycles. The molecule has 6 nitrogen and oxygen atoms in total.